The highest BCUT2D eigenvalue weighted by atomic mass is 16.2. The lowest BCUT2D eigenvalue weighted by Crippen LogP contribution is -2.49. The quantitative estimate of drug-likeness (QED) is 0.332. The standard InChI is InChI=1S/C31H28N6O/c1-21-6-3-8-23(18-21)28-29(24-9-4-7-22(2)19-24)35-27-20-25(10-11-26(27)34-28)30(38)36-14-16-37(17-15-36)31-32-12-5-13-33-31/h3-13,18-20H,14-17H2,1-2H3. The van der Waals surface area contributed by atoms with Gasteiger partial charge in [0.15, 0.2) is 0 Å². The molecular weight excluding hydrogens is 472 g/mol. The average Bonchev–Trinajstić information content (AvgIpc) is 2.96. The van der Waals surface area contributed by atoms with Crippen LogP contribution in [0.3, 0.4) is 0 Å². The van der Waals surface area contributed by atoms with E-state index in [4.69, 9.17) is 9.97 Å². The fraction of sp³-hybridized carbons (Fsp3) is 0.194. The number of anilines is 1. The summed E-state index contributed by atoms with van der Waals surface area (Å²) < 4.78 is 0. The zero-order valence-corrected chi connectivity index (χ0v) is 21.5. The monoisotopic (exact) mass is 500 g/mol. The van der Waals surface area contributed by atoms with Crippen LogP contribution in [-0.4, -0.2) is 56.9 Å². The first-order valence-corrected chi connectivity index (χ1v) is 12.8. The van der Waals surface area contributed by atoms with E-state index < -0.39 is 0 Å². The number of aryl methyl sites for hydroxylation is 2. The summed E-state index contributed by atoms with van der Waals surface area (Å²) in [5.41, 5.74) is 8.10. The smallest absolute Gasteiger partial charge is 0.254 e. The van der Waals surface area contributed by atoms with Crippen molar-refractivity contribution in [3.05, 3.63) is 102 Å². The molecular formula is C31H28N6O. The van der Waals surface area contributed by atoms with Gasteiger partial charge in [0.1, 0.15) is 0 Å². The van der Waals surface area contributed by atoms with Crippen molar-refractivity contribution >= 4 is 22.9 Å². The summed E-state index contributed by atoms with van der Waals surface area (Å²) in [6, 6.07) is 24.1. The highest BCUT2D eigenvalue weighted by Gasteiger charge is 2.24. The van der Waals surface area contributed by atoms with E-state index in [9.17, 15) is 4.79 Å². The van der Waals surface area contributed by atoms with Crippen LogP contribution >= 0.6 is 0 Å². The highest BCUT2D eigenvalue weighted by molar-refractivity contribution is 5.98. The maximum absolute atomic E-state index is 13.4. The SMILES string of the molecule is Cc1cccc(-c2nc3ccc(C(=O)N4CCN(c5ncccn5)CC4)cc3nc2-c2cccc(C)c2)c1. The van der Waals surface area contributed by atoms with E-state index in [0.717, 1.165) is 33.6 Å². The van der Waals surface area contributed by atoms with Gasteiger partial charge in [0.2, 0.25) is 5.95 Å². The summed E-state index contributed by atoms with van der Waals surface area (Å²) in [7, 11) is 0. The Morgan fingerprint density at radius 1 is 0.684 bits per heavy atom. The molecule has 1 aliphatic heterocycles. The summed E-state index contributed by atoms with van der Waals surface area (Å²) in [4.78, 5) is 36.2. The van der Waals surface area contributed by atoms with Gasteiger partial charge in [-0.25, -0.2) is 19.9 Å². The van der Waals surface area contributed by atoms with Gasteiger partial charge >= 0.3 is 0 Å². The second-order valence-electron chi connectivity index (χ2n) is 9.69. The summed E-state index contributed by atoms with van der Waals surface area (Å²) in [6.07, 6.45) is 3.48. The van der Waals surface area contributed by atoms with Crippen LogP contribution in [0.15, 0.2) is 85.2 Å². The Kier molecular flexibility index (Phi) is 6.25. The molecule has 5 aromatic rings. The van der Waals surface area contributed by atoms with Gasteiger partial charge in [-0.1, -0.05) is 47.5 Å². The number of piperazine rings is 1. The molecule has 38 heavy (non-hydrogen) atoms. The number of hydrogen-bond acceptors (Lipinski definition) is 6. The summed E-state index contributed by atoms with van der Waals surface area (Å²) in [5, 5.41) is 0. The minimum Gasteiger partial charge on any atom is -0.337 e. The van der Waals surface area contributed by atoms with Crippen LogP contribution in [-0.2, 0) is 0 Å². The topological polar surface area (TPSA) is 75.1 Å². The van der Waals surface area contributed by atoms with Crippen molar-refractivity contribution in [2.75, 3.05) is 31.1 Å². The second kappa shape index (κ2) is 10.0. The third-order valence-electron chi connectivity index (χ3n) is 6.90. The van der Waals surface area contributed by atoms with Gasteiger partial charge in [0, 0.05) is 55.3 Å². The van der Waals surface area contributed by atoms with E-state index in [2.05, 4.69) is 65.1 Å². The lowest BCUT2D eigenvalue weighted by Gasteiger charge is -2.34. The van der Waals surface area contributed by atoms with Gasteiger partial charge < -0.3 is 9.80 Å². The number of nitrogens with zero attached hydrogens (tertiary/aromatic N) is 6. The Morgan fingerprint density at radius 2 is 1.29 bits per heavy atom. The Balaban J connectivity index is 1.34. The second-order valence-corrected chi connectivity index (χ2v) is 9.69. The van der Waals surface area contributed by atoms with E-state index in [1.54, 1.807) is 18.5 Å². The molecule has 3 heterocycles. The minimum atomic E-state index is 0.00203. The van der Waals surface area contributed by atoms with Crippen LogP contribution in [0, 0.1) is 13.8 Å². The van der Waals surface area contributed by atoms with Crippen LogP contribution < -0.4 is 4.90 Å². The molecule has 0 atom stereocenters. The molecule has 0 unspecified atom stereocenters. The van der Waals surface area contributed by atoms with Crippen molar-refractivity contribution < 1.29 is 4.79 Å². The number of aromatic nitrogens is 4. The zero-order valence-electron chi connectivity index (χ0n) is 21.5. The van der Waals surface area contributed by atoms with Gasteiger partial charge in [0.05, 0.1) is 22.4 Å². The summed E-state index contributed by atoms with van der Waals surface area (Å²) in [5.74, 6) is 0.705. The first-order chi connectivity index (χ1) is 18.5. The van der Waals surface area contributed by atoms with Crippen molar-refractivity contribution in [1.29, 1.82) is 0 Å². The van der Waals surface area contributed by atoms with Gasteiger partial charge in [-0.05, 0) is 50.2 Å². The molecule has 0 bridgehead atoms. The number of amides is 1. The third kappa shape index (κ3) is 4.70. The van der Waals surface area contributed by atoms with E-state index in [1.807, 2.05) is 35.2 Å². The van der Waals surface area contributed by atoms with Crippen LogP contribution in [0.25, 0.3) is 33.5 Å². The number of benzene rings is 3. The van der Waals surface area contributed by atoms with Gasteiger partial charge in [-0.3, -0.25) is 4.79 Å². The lowest BCUT2D eigenvalue weighted by molar-refractivity contribution is 0.0746. The Bertz CT molecular complexity index is 1630. The minimum absolute atomic E-state index is 0.00203. The summed E-state index contributed by atoms with van der Waals surface area (Å²) in [6.45, 7) is 6.77. The Hall–Kier alpha value is -4.65. The third-order valence-corrected chi connectivity index (χ3v) is 6.90. The van der Waals surface area contributed by atoms with Crippen LogP contribution in [0.5, 0.6) is 0 Å². The average molecular weight is 501 g/mol. The normalized spacial score (nSPS) is 13.6. The van der Waals surface area contributed by atoms with E-state index in [1.165, 1.54) is 5.56 Å². The molecule has 1 saturated heterocycles. The molecule has 2 aromatic heterocycles. The molecule has 0 N–H and O–H groups in total. The molecule has 0 aliphatic carbocycles. The van der Waals surface area contributed by atoms with Crippen molar-refractivity contribution in [3.63, 3.8) is 0 Å². The van der Waals surface area contributed by atoms with Gasteiger partial charge in [-0.2, -0.15) is 0 Å². The predicted octanol–water partition coefficient (Wildman–Crippen LogP) is 5.33. The molecule has 1 aliphatic rings. The molecule has 6 rings (SSSR count). The Labute approximate surface area is 221 Å². The maximum Gasteiger partial charge on any atom is 0.254 e. The number of carbonyl (C=O) groups is 1. The number of fused-ring (bicyclic) bond motifs is 1. The van der Waals surface area contributed by atoms with Crippen LogP contribution in [0.4, 0.5) is 5.95 Å². The number of hydrogen-bond donors (Lipinski definition) is 0. The maximum atomic E-state index is 13.4. The van der Waals surface area contributed by atoms with E-state index >= 15 is 0 Å². The van der Waals surface area contributed by atoms with Gasteiger partial charge in [0.25, 0.3) is 5.91 Å². The summed E-state index contributed by atoms with van der Waals surface area (Å²) >= 11 is 0. The molecule has 1 amide bonds. The lowest BCUT2D eigenvalue weighted by atomic mass is 10.0. The fourth-order valence-corrected chi connectivity index (χ4v) is 4.92. The van der Waals surface area contributed by atoms with Crippen molar-refractivity contribution in [3.8, 4) is 22.5 Å². The molecule has 0 saturated carbocycles. The first-order valence-electron chi connectivity index (χ1n) is 12.8. The fourth-order valence-electron chi connectivity index (χ4n) is 4.92. The van der Waals surface area contributed by atoms with Gasteiger partial charge in [-0.15, -0.1) is 0 Å². The van der Waals surface area contributed by atoms with Crippen LogP contribution in [0.2, 0.25) is 0 Å². The van der Waals surface area contributed by atoms with Crippen molar-refractivity contribution in [2.45, 2.75) is 13.8 Å². The van der Waals surface area contributed by atoms with Crippen molar-refractivity contribution in [2.24, 2.45) is 0 Å². The predicted molar refractivity (Wildman–Crippen MR) is 150 cm³/mol. The zero-order chi connectivity index (χ0) is 26.1. The van der Waals surface area contributed by atoms with E-state index in [-0.39, 0.29) is 5.91 Å². The highest BCUT2D eigenvalue weighted by Crippen LogP contribution is 2.32. The number of rotatable bonds is 4. The molecule has 0 spiro atoms. The molecule has 1 fully saturated rings. The first kappa shape index (κ1) is 23.7. The largest absolute Gasteiger partial charge is 0.337 e. The molecule has 188 valence electrons. The van der Waals surface area contributed by atoms with Crippen LogP contribution in [0.1, 0.15) is 21.5 Å². The molecule has 7 nitrogen and oxygen atoms in total. The van der Waals surface area contributed by atoms with E-state index in [0.29, 0.717) is 43.2 Å². The molecule has 3 aromatic carbocycles. The number of carbonyl (C=O) groups excluding carboxylic acids is 1. The molecule has 7 heteroatoms. The van der Waals surface area contributed by atoms with Crippen molar-refractivity contribution in [1.82, 2.24) is 24.8 Å². The Morgan fingerprint density at radius 3 is 1.89 bits per heavy atom. The molecule has 0 radical (unpaired) electrons.